The van der Waals surface area contributed by atoms with E-state index in [4.69, 9.17) is 14.2 Å². The molecule has 2 aromatic carbocycles. The minimum absolute atomic E-state index is 0.0461. The lowest BCUT2D eigenvalue weighted by Gasteiger charge is -2.42. The second-order valence-electron chi connectivity index (χ2n) is 7.03. The van der Waals surface area contributed by atoms with Gasteiger partial charge in [0.15, 0.2) is 0 Å². The maximum Gasteiger partial charge on any atom is 0.144 e. The normalized spacial score (nSPS) is 34.7. The van der Waals surface area contributed by atoms with Crippen molar-refractivity contribution in [3.05, 3.63) is 48.0 Å². The van der Waals surface area contributed by atoms with Crippen LogP contribution in [0.3, 0.4) is 0 Å². The third-order valence-corrected chi connectivity index (χ3v) is 5.50. The molecule has 2 fully saturated rings. The van der Waals surface area contributed by atoms with E-state index in [1.54, 1.807) is 7.11 Å². The van der Waals surface area contributed by atoms with Crippen molar-refractivity contribution < 1.29 is 14.2 Å². The van der Waals surface area contributed by atoms with Crippen molar-refractivity contribution in [3.63, 3.8) is 0 Å². The van der Waals surface area contributed by atoms with Crippen molar-refractivity contribution in [1.82, 2.24) is 0 Å². The number of fused-ring (bicyclic) bond motifs is 1. The molecule has 2 aromatic rings. The minimum Gasteiger partial charge on any atom is -0.378 e. The molecule has 3 nitrogen and oxygen atoms in total. The first-order chi connectivity index (χ1) is 11.2. The van der Waals surface area contributed by atoms with Crippen LogP contribution < -0.4 is 0 Å². The summed E-state index contributed by atoms with van der Waals surface area (Å²) < 4.78 is 17.9. The number of epoxide rings is 1. The second-order valence-corrected chi connectivity index (χ2v) is 7.03. The first-order valence-electron chi connectivity index (χ1n) is 8.43. The van der Waals surface area contributed by atoms with Gasteiger partial charge in [-0.1, -0.05) is 56.3 Å². The molecule has 2 aliphatic heterocycles. The standard InChI is InChI=1S/C20H24O3/c1-13-11-22-19(20(12-23-20)18(13)21-3)14(2)16-9-8-15-6-4-5-7-17(15)10-16/h4-10,13-14,18-19H,11-12H2,1-3H3/t13-,14?,18-,19-,20-/m0/s1. The lowest BCUT2D eigenvalue weighted by molar-refractivity contribution is -0.153. The predicted molar refractivity (Wildman–Crippen MR) is 90.7 cm³/mol. The molecule has 23 heavy (non-hydrogen) atoms. The lowest BCUT2D eigenvalue weighted by Crippen LogP contribution is -2.55. The summed E-state index contributed by atoms with van der Waals surface area (Å²) in [6.07, 6.45) is 0.161. The zero-order chi connectivity index (χ0) is 16.0. The van der Waals surface area contributed by atoms with E-state index in [9.17, 15) is 0 Å². The van der Waals surface area contributed by atoms with Crippen LogP contribution >= 0.6 is 0 Å². The maximum absolute atomic E-state index is 6.22. The number of hydrogen-bond donors (Lipinski definition) is 0. The smallest absolute Gasteiger partial charge is 0.144 e. The van der Waals surface area contributed by atoms with Gasteiger partial charge in [-0.25, -0.2) is 0 Å². The van der Waals surface area contributed by atoms with Gasteiger partial charge in [0.2, 0.25) is 0 Å². The first kappa shape index (κ1) is 15.1. The van der Waals surface area contributed by atoms with Crippen LogP contribution in [0.5, 0.6) is 0 Å². The van der Waals surface area contributed by atoms with Gasteiger partial charge < -0.3 is 14.2 Å². The quantitative estimate of drug-likeness (QED) is 0.809. The average Bonchev–Trinajstić information content (AvgIpc) is 3.35. The molecular weight excluding hydrogens is 288 g/mol. The summed E-state index contributed by atoms with van der Waals surface area (Å²) >= 11 is 0. The second kappa shape index (κ2) is 5.59. The Kier molecular flexibility index (Phi) is 3.67. The van der Waals surface area contributed by atoms with Crippen LogP contribution in [0.25, 0.3) is 10.8 Å². The SMILES string of the molecule is CO[C@H]1[C@@H](C)CO[C@@H](C(C)c2ccc3ccccc3c2)[C@]12CO2. The number of hydrogen-bond acceptors (Lipinski definition) is 3. The van der Waals surface area contributed by atoms with Gasteiger partial charge in [-0.3, -0.25) is 0 Å². The highest BCUT2D eigenvalue weighted by Gasteiger charge is 2.63. The molecule has 4 rings (SSSR count). The molecule has 0 radical (unpaired) electrons. The zero-order valence-electron chi connectivity index (χ0n) is 14.0. The van der Waals surface area contributed by atoms with E-state index in [1.165, 1.54) is 16.3 Å². The Morgan fingerprint density at radius 2 is 1.91 bits per heavy atom. The summed E-state index contributed by atoms with van der Waals surface area (Å²) in [5, 5.41) is 2.55. The molecule has 2 aliphatic rings. The van der Waals surface area contributed by atoms with Crippen LogP contribution in [0.1, 0.15) is 25.3 Å². The van der Waals surface area contributed by atoms with Crippen molar-refractivity contribution in [1.29, 1.82) is 0 Å². The van der Waals surface area contributed by atoms with E-state index in [2.05, 4.69) is 56.3 Å². The van der Waals surface area contributed by atoms with E-state index in [-0.39, 0.29) is 23.7 Å². The highest BCUT2D eigenvalue weighted by atomic mass is 16.7. The molecule has 0 aliphatic carbocycles. The third kappa shape index (κ3) is 2.38. The van der Waals surface area contributed by atoms with Crippen molar-refractivity contribution in [2.75, 3.05) is 20.3 Å². The highest BCUT2D eigenvalue weighted by Crippen LogP contribution is 2.48. The van der Waals surface area contributed by atoms with E-state index in [0.29, 0.717) is 5.92 Å². The summed E-state index contributed by atoms with van der Waals surface area (Å²) in [5.41, 5.74) is 1.03. The van der Waals surface area contributed by atoms with Gasteiger partial charge in [0, 0.05) is 18.9 Å². The fraction of sp³-hybridized carbons (Fsp3) is 0.500. The number of ether oxygens (including phenoxy) is 3. The van der Waals surface area contributed by atoms with Gasteiger partial charge in [-0.05, 0) is 16.3 Å². The summed E-state index contributed by atoms with van der Waals surface area (Å²) in [5.74, 6) is 0.634. The molecular formula is C20H24O3. The van der Waals surface area contributed by atoms with Gasteiger partial charge in [0.1, 0.15) is 5.60 Å². The fourth-order valence-electron chi connectivity index (χ4n) is 4.20. The van der Waals surface area contributed by atoms with Crippen LogP contribution in [0, 0.1) is 5.92 Å². The average molecular weight is 312 g/mol. The Morgan fingerprint density at radius 1 is 1.17 bits per heavy atom. The van der Waals surface area contributed by atoms with E-state index in [1.807, 2.05) is 0 Å². The Morgan fingerprint density at radius 3 is 2.61 bits per heavy atom. The third-order valence-electron chi connectivity index (χ3n) is 5.50. The Hall–Kier alpha value is -1.42. The summed E-state index contributed by atoms with van der Waals surface area (Å²) in [7, 11) is 1.79. The number of rotatable bonds is 3. The monoisotopic (exact) mass is 312 g/mol. The number of benzene rings is 2. The van der Waals surface area contributed by atoms with Crippen LogP contribution in [-0.2, 0) is 14.2 Å². The molecule has 0 amide bonds. The van der Waals surface area contributed by atoms with Crippen LogP contribution in [-0.4, -0.2) is 38.1 Å². The first-order valence-corrected chi connectivity index (χ1v) is 8.43. The topological polar surface area (TPSA) is 31.0 Å². The van der Waals surface area contributed by atoms with Crippen LogP contribution in [0.15, 0.2) is 42.5 Å². The molecule has 0 bridgehead atoms. The van der Waals surface area contributed by atoms with Crippen LogP contribution in [0.4, 0.5) is 0 Å². The highest BCUT2D eigenvalue weighted by molar-refractivity contribution is 5.83. The predicted octanol–water partition coefficient (Wildman–Crippen LogP) is 3.76. The van der Waals surface area contributed by atoms with Crippen molar-refractivity contribution in [2.45, 2.75) is 37.6 Å². The van der Waals surface area contributed by atoms with Gasteiger partial charge >= 0.3 is 0 Å². The van der Waals surface area contributed by atoms with Crippen molar-refractivity contribution in [3.8, 4) is 0 Å². The molecule has 5 atom stereocenters. The van der Waals surface area contributed by atoms with Gasteiger partial charge in [0.25, 0.3) is 0 Å². The Bertz CT molecular complexity index is 707. The molecule has 3 heteroatoms. The molecule has 0 aromatic heterocycles. The van der Waals surface area contributed by atoms with Gasteiger partial charge in [-0.15, -0.1) is 0 Å². The summed E-state index contributed by atoms with van der Waals surface area (Å²) in [6, 6.07) is 15.2. The Balaban J connectivity index is 1.66. The van der Waals surface area contributed by atoms with Crippen molar-refractivity contribution in [2.24, 2.45) is 5.92 Å². The zero-order valence-corrected chi connectivity index (χ0v) is 14.0. The molecule has 2 saturated heterocycles. The molecule has 122 valence electrons. The molecule has 0 saturated carbocycles. The maximum atomic E-state index is 6.22. The van der Waals surface area contributed by atoms with Gasteiger partial charge in [0.05, 0.1) is 25.4 Å². The number of methoxy groups -OCH3 is 1. The fourth-order valence-corrected chi connectivity index (χ4v) is 4.20. The van der Waals surface area contributed by atoms with E-state index < -0.39 is 0 Å². The molecule has 2 heterocycles. The summed E-state index contributed by atoms with van der Waals surface area (Å²) in [4.78, 5) is 0. The Labute approximate surface area is 137 Å². The van der Waals surface area contributed by atoms with E-state index in [0.717, 1.165) is 13.2 Å². The lowest BCUT2D eigenvalue weighted by atomic mass is 9.78. The van der Waals surface area contributed by atoms with Crippen molar-refractivity contribution >= 4 is 10.8 Å². The summed E-state index contributed by atoms with van der Waals surface area (Å²) in [6.45, 7) is 5.88. The van der Waals surface area contributed by atoms with Crippen LogP contribution in [0.2, 0.25) is 0 Å². The van der Waals surface area contributed by atoms with Gasteiger partial charge in [-0.2, -0.15) is 0 Å². The minimum atomic E-state index is -0.266. The molecule has 1 unspecified atom stereocenters. The molecule has 1 spiro atoms. The largest absolute Gasteiger partial charge is 0.378 e. The van der Waals surface area contributed by atoms with E-state index >= 15 is 0 Å². The molecule has 0 N–H and O–H groups in total.